The predicted octanol–water partition coefficient (Wildman–Crippen LogP) is 5.51. The van der Waals surface area contributed by atoms with Crippen LogP contribution in [0.15, 0.2) is 45.3 Å². The molecule has 0 unspecified atom stereocenters. The number of nitro benzene ring substituents is 1. The van der Waals surface area contributed by atoms with Gasteiger partial charge in [0.1, 0.15) is 5.69 Å². The number of hydrogen-bond acceptors (Lipinski definition) is 7. The minimum Gasteiger partial charge on any atom is -0.397 e. The van der Waals surface area contributed by atoms with Gasteiger partial charge in [-0.25, -0.2) is 0 Å². The molecule has 0 radical (unpaired) electrons. The van der Waals surface area contributed by atoms with Crippen LogP contribution in [-0.4, -0.2) is 44.4 Å². The Morgan fingerprint density at radius 3 is 1.84 bits per heavy atom. The van der Waals surface area contributed by atoms with E-state index in [0.29, 0.717) is 18.9 Å². The number of nitrogens with two attached hydrogens (primary N) is 1. The fraction of sp³-hybridized carbons (Fsp3) is 0.400. The fourth-order valence-corrected chi connectivity index (χ4v) is 3.27. The van der Waals surface area contributed by atoms with E-state index in [-0.39, 0.29) is 44.8 Å². The van der Waals surface area contributed by atoms with Crippen molar-refractivity contribution in [3.63, 3.8) is 0 Å². The number of benzene rings is 2. The van der Waals surface area contributed by atoms with Crippen molar-refractivity contribution in [2.45, 2.75) is 25.9 Å². The van der Waals surface area contributed by atoms with Gasteiger partial charge in [0.2, 0.25) is 0 Å². The van der Waals surface area contributed by atoms with Crippen LogP contribution in [0.1, 0.15) is 13.8 Å². The topological polar surface area (TPSA) is 112 Å². The van der Waals surface area contributed by atoms with E-state index in [9.17, 15) is 10.1 Å². The average molecular weight is 616 g/mol. The van der Waals surface area contributed by atoms with Gasteiger partial charge in [-0.05, 0) is 44.2 Å². The van der Waals surface area contributed by atoms with Crippen molar-refractivity contribution in [2.24, 2.45) is 0 Å². The van der Waals surface area contributed by atoms with E-state index in [0.717, 1.165) is 20.3 Å². The van der Waals surface area contributed by atoms with Crippen LogP contribution in [0, 0.1) is 10.1 Å². The Morgan fingerprint density at radius 2 is 1.38 bits per heavy atom. The maximum absolute atomic E-state index is 10.8. The van der Waals surface area contributed by atoms with Crippen molar-refractivity contribution in [3.05, 3.63) is 55.5 Å². The number of nitrogen functional groups attached to an aromatic ring is 1. The lowest BCUT2D eigenvalue weighted by Crippen LogP contribution is -2.21. The average Bonchev–Trinajstić information content (AvgIpc) is 2.65. The molecule has 4 N–H and O–H groups in total. The molecule has 0 aliphatic carbocycles. The van der Waals surface area contributed by atoms with Crippen molar-refractivity contribution < 1.29 is 14.4 Å². The van der Waals surface area contributed by atoms with Crippen LogP contribution in [0.2, 0.25) is 0 Å². The third-order valence-corrected chi connectivity index (χ3v) is 4.79. The first-order valence-corrected chi connectivity index (χ1v) is 10.8. The molecule has 0 heterocycles. The second-order valence-corrected chi connectivity index (χ2v) is 8.48. The Balaban J connectivity index is 0. The quantitative estimate of drug-likeness (QED) is 0.194. The van der Waals surface area contributed by atoms with Gasteiger partial charge in [-0.15, -0.1) is 0 Å². The Morgan fingerprint density at radius 1 is 0.938 bits per heavy atom. The second kappa shape index (κ2) is 17.3. The number of rotatable bonds is 9. The first-order valence-electron chi connectivity index (χ1n) is 9.17. The summed E-state index contributed by atoms with van der Waals surface area (Å²) in [6.07, 6.45) is 0. The van der Waals surface area contributed by atoms with Crippen LogP contribution in [0.25, 0.3) is 0 Å². The third-order valence-electron chi connectivity index (χ3n) is 3.81. The molecular formula is C20H32Br2N4O4S2. The zero-order valence-corrected chi connectivity index (χ0v) is 23.6. The van der Waals surface area contributed by atoms with Gasteiger partial charge >= 0.3 is 0 Å². The first-order chi connectivity index (χ1) is 14.2. The highest BCUT2D eigenvalue weighted by Gasteiger charge is 2.15. The second-order valence-electron chi connectivity index (χ2n) is 6.65. The Hall–Kier alpha value is -1.18. The number of halogens is 2. The fourth-order valence-electron chi connectivity index (χ4n) is 2.55. The van der Waals surface area contributed by atoms with Gasteiger partial charge in [-0.1, -0.05) is 31.9 Å². The highest BCUT2D eigenvalue weighted by Crippen LogP contribution is 2.28. The van der Waals surface area contributed by atoms with Gasteiger partial charge in [-0.3, -0.25) is 10.1 Å². The lowest BCUT2D eigenvalue weighted by atomic mass is 10.2. The predicted molar refractivity (Wildman–Crippen MR) is 150 cm³/mol. The monoisotopic (exact) mass is 614 g/mol. The van der Waals surface area contributed by atoms with Gasteiger partial charge in [0.25, 0.3) is 5.69 Å². The summed E-state index contributed by atoms with van der Waals surface area (Å²) in [7, 11) is 3.27. The van der Waals surface area contributed by atoms with E-state index in [4.69, 9.17) is 15.2 Å². The lowest BCUT2D eigenvalue weighted by molar-refractivity contribution is -0.384. The molecule has 0 saturated heterocycles. The van der Waals surface area contributed by atoms with Crippen LogP contribution >= 0.6 is 58.9 Å². The van der Waals surface area contributed by atoms with Crippen LogP contribution in [0.3, 0.4) is 0 Å². The maximum atomic E-state index is 10.8. The number of methoxy groups -OCH3 is 2. The first kappa shape index (κ1) is 33.0. The number of hydrogen-bond donors (Lipinski definition) is 3. The normalized spacial score (nSPS) is 11.6. The zero-order valence-electron chi connectivity index (χ0n) is 18.4. The summed E-state index contributed by atoms with van der Waals surface area (Å²) >= 11 is 6.68. The van der Waals surface area contributed by atoms with Gasteiger partial charge in [0.05, 0.1) is 29.5 Å². The maximum Gasteiger partial charge on any atom is 0.292 e. The van der Waals surface area contributed by atoms with E-state index in [1.54, 1.807) is 26.4 Å². The standard InChI is InChI=1S/C10H13BrN2O3.C10H15BrN2O.2H2S/c1-7(6-16-2)12-9-5-8(11)3-4-10(9)13(14)15;1-7(6-14-2)13-10-5-8(11)3-4-9(10)12;;/h3-5,7,12H,6H2,1-2H3;3-5,7,13H,6,12H2,1-2H3;2*1H2/t2*7-;;/m00../s1. The largest absolute Gasteiger partial charge is 0.397 e. The van der Waals surface area contributed by atoms with Crippen molar-refractivity contribution in [1.29, 1.82) is 0 Å². The molecule has 0 amide bonds. The molecule has 0 aliphatic heterocycles. The van der Waals surface area contributed by atoms with E-state index in [2.05, 4.69) is 42.5 Å². The Labute approximate surface area is 220 Å². The lowest BCUT2D eigenvalue weighted by Gasteiger charge is -2.16. The Bertz CT molecular complexity index is 834. The summed E-state index contributed by atoms with van der Waals surface area (Å²) in [5.41, 5.74) is 8.04. The molecule has 0 aliphatic rings. The van der Waals surface area contributed by atoms with Crippen molar-refractivity contribution >= 4 is 81.6 Å². The van der Waals surface area contributed by atoms with Crippen molar-refractivity contribution in [3.8, 4) is 0 Å². The SMILES string of the molecule is COC[C@H](C)Nc1cc(Br)ccc1N.COC[C@H](C)Nc1cc(Br)ccc1[N+](=O)[O-].S.S. The highest BCUT2D eigenvalue weighted by molar-refractivity contribution is 9.10. The van der Waals surface area contributed by atoms with Gasteiger partial charge in [-0.2, -0.15) is 27.0 Å². The smallest absolute Gasteiger partial charge is 0.292 e. The van der Waals surface area contributed by atoms with E-state index < -0.39 is 4.92 Å². The highest BCUT2D eigenvalue weighted by atomic mass is 79.9. The summed E-state index contributed by atoms with van der Waals surface area (Å²) in [6.45, 7) is 5.09. The molecule has 32 heavy (non-hydrogen) atoms. The third kappa shape index (κ3) is 12.2. The van der Waals surface area contributed by atoms with Gasteiger partial charge < -0.3 is 25.8 Å². The molecule has 0 fully saturated rings. The molecule has 12 heteroatoms. The molecule has 0 spiro atoms. The van der Waals surface area contributed by atoms with Crippen LogP contribution in [0.4, 0.5) is 22.7 Å². The number of nitro groups is 1. The van der Waals surface area contributed by atoms with E-state index in [1.807, 2.05) is 32.0 Å². The van der Waals surface area contributed by atoms with Crippen molar-refractivity contribution in [2.75, 3.05) is 43.8 Å². The van der Waals surface area contributed by atoms with E-state index >= 15 is 0 Å². The zero-order chi connectivity index (χ0) is 22.7. The molecule has 182 valence electrons. The van der Waals surface area contributed by atoms with Crippen molar-refractivity contribution in [1.82, 2.24) is 0 Å². The number of ether oxygens (including phenoxy) is 2. The number of nitrogens with zero attached hydrogens (tertiary/aromatic N) is 1. The molecule has 2 rings (SSSR count). The summed E-state index contributed by atoms with van der Waals surface area (Å²) in [6, 6.07) is 10.8. The molecule has 2 atom stereocenters. The minimum atomic E-state index is -0.408. The summed E-state index contributed by atoms with van der Waals surface area (Å²) < 4.78 is 11.8. The molecule has 2 aromatic rings. The van der Waals surface area contributed by atoms with E-state index in [1.165, 1.54) is 6.07 Å². The van der Waals surface area contributed by atoms with Crippen LogP contribution in [0.5, 0.6) is 0 Å². The summed E-state index contributed by atoms with van der Waals surface area (Å²) in [5, 5.41) is 17.1. The molecule has 0 bridgehead atoms. The van der Waals surface area contributed by atoms with Crippen LogP contribution in [-0.2, 0) is 9.47 Å². The summed E-state index contributed by atoms with van der Waals surface area (Å²) in [4.78, 5) is 10.4. The number of anilines is 3. The number of nitrogens with one attached hydrogen (secondary N) is 2. The Kier molecular flexibility index (Phi) is 17.9. The summed E-state index contributed by atoms with van der Waals surface area (Å²) in [5.74, 6) is 0. The van der Waals surface area contributed by atoms with Gasteiger partial charge in [0.15, 0.2) is 0 Å². The van der Waals surface area contributed by atoms with Gasteiger partial charge in [0, 0.05) is 41.3 Å². The van der Waals surface area contributed by atoms with Crippen LogP contribution < -0.4 is 16.4 Å². The molecule has 0 aromatic heterocycles. The minimum absolute atomic E-state index is 0. The molecule has 2 aromatic carbocycles. The molecular weight excluding hydrogens is 584 g/mol. The molecule has 8 nitrogen and oxygen atoms in total. The molecule has 0 saturated carbocycles.